The van der Waals surface area contributed by atoms with Crippen molar-refractivity contribution in [3.05, 3.63) is 29.3 Å². The Morgan fingerprint density at radius 3 is 2.67 bits per heavy atom. The highest BCUT2D eigenvalue weighted by molar-refractivity contribution is 5.98. The predicted molar refractivity (Wildman–Crippen MR) is 86.4 cm³/mol. The maximum atomic E-state index is 13.6. The average Bonchev–Trinajstić information content (AvgIpc) is 2.71. The Balaban J connectivity index is 1.82. The van der Waals surface area contributed by atoms with Gasteiger partial charge in [-0.2, -0.15) is 13.2 Å². The summed E-state index contributed by atoms with van der Waals surface area (Å²) >= 11 is 0. The van der Waals surface area contributed by atoms with E-state index in [9.17, 15) is 31.5 Å². The number of aryl methyl sites for hydroxylation is 1. The molecule has 2 heterocycles. The van der Waals surface area contributed by atoms with Crippen molar-refractivity contribution >= 4 is 17.5 Å². The number of amides is 2. The van der Waals surface area contributed by atoms with E-state index in [-0.39, 0.29) is 11.5 Å². The molecule has 0 saturated carbocycles. The quantitative estimate of drug-likeness (QED) is 0.723. The third-order valence-electron chi connectivity index (χ3n) is 4.98. The van der Waals surface area contributed by atoms with E-state index in [2.05, 4.69) is 5.32 Å². The van der Waals surface area contributed by atoms with Crippen molar-refractivity contribution in [1.82, 2.24) is 4.90 Å². The topological polar surface area (TPSA) is 75.4 Å². The summed E-state index contributed by atoms with van der Waals surface area (Å²) < 4.78 is 66.1. The average molecular weight is 391 g/mol. The van der Waals surface area contributed by atoms with Gasteiger partial charge in [-0.05, 0) is 36.6 Å². The number of fused-ring (bicyclic) bond motifs is 1. The van der Waals surface area contributed by atoms with Gasteiger partial charge in [0.25, 0.3) is 11.8 Å². The van der Waals surface area contributed by atoms with Gasteiger partial charge in [0.2, 0.25) is 5.91 Å². The molecule has 2 unspecified atom stereocenters. The Morgan fingerprint density at radius 2 is 2.00 bits per heavy atom. The Labute approximate surface area is 151 Å². The van der Waals surface area contributed by atoms with E-state index in [0.717, 1.165) is 4.90 Å². The first kappa shape index (κ1) is 19.5. The van der Waals surface area contributed by atoms with Gasteiger partial charge in [0.15, 0.2) is 0 Å². The van der Waals surface area contributed by atoms with Crippen LogP contribution < -0.4 is 11.1 Å². The second kappa shape index (κ2) is 6.74. The summed E-state index contributed by atoms with van der Waals surface area (Å²) in [5.74, 6) is -7.90. The number of nitrogens with two attached hydrogens (primary N) is 1. The monoisotopic (exact) mass is 391 g/mol. The van der Waals surface area contributed by atoms with Gasteiger partial charge in [-0.3, -0.25) is 9.59 Å². The normalized spacial score (nSPS) is 25.4. The zero-order chi connectivity index (χ0) is 20.0. The van der Waals surface area contributed by atoms with Crippen molar-refractivity contribution in [3.8, 4) is 0 Å². The molecule has 2 aliphatic rings. The molecular formula is C17H18F5N3O2. The number of nitrogens with one attached hydrogen (secondary N) is 1. The molecule has 1 fully saturated rings. The zero-order valence-electron chi connectivity index (χ0n) is 14.2. The van der Waals surface area contributed by atoms with Crippen LogP contribution >= 0.6 is 0 Å². The number of carbonyl (C=O) groups is 2. The number of piperidine rings is 1. The molecule has 5 nitrogen and oxygen atoms in total. The van der Waals surface area contributed by atoms with E-state index in [4.69, 9.17) is 5.73 Å². The molecule has 2 aliphatic heterocycles. The minimum absolute atomic E-state index is 0.0876. The van der Waals surface area contributed by atoms with Crippen LogP contribution in [0.15, 0.2) is 18.2 Å². The lowest BCUT2D eigenvalue weighted by molar-refractivity contribution is -0.254. The highest BCUT2D eigenvalue weighted by Gasteiger charge is 2.58. The number of alkyl halides is 5. The van der Waals surface area contributed by atoms with Gasteiger partial charge in [0.1, 0.15) is 5.92 Å². The van der Waals surface area contributed by atoms with Crippen LogP contribution in [0.2, 0.25) is 0 Å². The van der Waals surface area contributed by atoms with Crippen LogP contribution in [0, 0.1) is 5.92 Å². The lowest BCUT2D eigenvalue weighted by Crippen LogP contribution is -2.54. The van der Waals surface area contributed by atoms with Crippen molar-refractivity contribution in [1.29, 1.82) is 0 Å². The molecule has 0 bridgehead atoms. The van der Waals surface area contributed by atoms with Crippen LogP contribution in [0.4, 0.5) is 27.6 Å². The summed E-state index contributed by atoms with van der Waals surface area (Å²) in [6.45, 7) is -1.55. The molecule has 3 rings (SSSR count). The summed E-state index contributed by atoms with van der Waals surface area (Å²) in [5.41, 5.74) is 6.87. The van der Waals surface area contributed by atoms with Crippen molar-refractivity contribution in [2.75, 3.05) is 18.4 Å². The van der Waals surface area contributed by atoms with Gasteiger partial charge in [0.05, 0.1) is 6.04 Å². The fourth-order valence-corrected chi connectivity index (χ4v) is 3.34. The molecule has 0 aromatic heterocycles. The van der Waals surface area contributed by atoms with E-state index in [0.29, 0.717) is 24.1 Å². The first-order valence-electron chi connectivity index (χ1n) is 8.42. The van der Waals surface area contributed by atoms with Gasteiger partial charge in [0, 0.05) is 30.8 Å². The van der Waals surface area contributed by atoms with Crippen LogP contribution in [-0.2, 0) is 11.2 Å². The third-order valence-corrected chi connectivity index (χ3v) is 4.98. The van der Waals surface area contributed by atoms with E-state index in [1.165, 1.54) is 18.2 Å². The number of nitrogens with zero attached hydrogens (tertiary/aromatic N) is 1. The predicted octanol–water partition coefficient (Wildman–Crippen LogP) is 2.56. The van der Waals surface area contributed by atoms with E-state index in [1.807, 2.05) is 0 Å². The van der Waals surface area contributed by atoms with Crippen molar-refractivity contribution in [2.24, 2.45) is 11.7 Å². The zero-order valence-corrected chi connectivity index (χ0v) is 14.2. The number of halogens is 5. The second-order valence-corrected chi connectivity index (χ2v) is 6.86. The summed E-state index contributed by atoms with van der Waals surface area (Å²) in [4.78, 5) is 25.1. The number of rotatable bonds is 1. The molecule has 10 heteroatoms. The van der Waals surface area contributed by atoms with E-state index in [1.54, 1.807) is 0 Å². The van der Waals surface area contributed by atoms with Crippen molar-refractivity contribution in [3.63, 3.8) is 0 Å². The smallest absolute Gasteiger partial charge is 0.338 e. The molecule has 148 valence electrons. The highest BCUT2D eigenvalue weighted by Crippen LogP contribution is 2.43. The maximum absolute atomic E-state index is 13.6. The maximum Gasteiger partial charge on any atom is 0.399 e. The molecule has 1 saturated heterocycles. The van der Waals surface area contributed by atoms with Gasteiger partial charge in [-0.15, -0.1) is 0 Å². The number of hydrogen-bond donors (Lipinski definition) is 2. The summed E-state index contributed by atoms with van der Waals surface area (Å²) in [6, 6.07) is 3.59. The Morgan fingerprint density at radius 1 is 1.30 bits per heavy atom. The number of hydrogen-bond acceptors (Lipinski definition) is 3. The third kappa shape index (κ3) is 3.90. The molecule has 0 radical (unpaired) electrons. The molecule has 0 aliphatic carbocycles. The molecule has 1 aromatic rings. The lowest BCUT2D eigenvalue weighted by atomic mass is 9.92. The molecule has 2 amide bonds. The Hall–Kier alpha value is -2.23. The molecule has 1 aromatic carbocycles. The SMILES string of the molecule is NC1CCc2cc(C(=O)N3CCC(F)(F)C(C(F)(F)F)C3)ccc2NC1=O. The van der Waals surface area contributed by atoms with Crippen LogP contribution in [0.5, 0.6) is 0 Å². The second-order valence-electron chi connectivity index (χ2n) is 6.86. The van der Waals surface area contributed by atoms with Gasteiger partial charge >= 0.3 is 6.18 Å². The number of carbonyl (C=O) groups excluding carboxylic acids is 2. The van der Waals surface area contributed by atoms with Gasteiger partial charge in [-0.25, -0.2) is 8.78 Å². The summed E-state index contributed by atoms with van der Waals surface area (Å²) in [7, 11) is 0. The summed E-state index contributed by atoms with van der Waals surface area (Å²) in [6.07, 6.45) is -5.39. The standard InChI is InChI=1S/C17H18F5N3O2/c18-16(19)5-6-25(8-13(16)17(20,21)22)15(27)10-2-4-12-9(7-10)1-3-11(23)14(26)24-12/h2,4,7,11,13H,1,3,5-6,8,23H2,(H,24,26). The molecule has 2 atom stereocenters. The largest absolute Gasteiger partial charge is 0.399 e. The first-order valence-corrected chi connectivity index (χ1v) is 8.42. The summed E-state index contributed by atoms with van der Waals surface area (Å²) in [5, 5.41) is 2.62. The van der Waals surface area contributed by atoms with E-state index < -0.39 is 49.5 Å². The Kier molecular flexibility index (Phi) is 4.87. The minimum Gasteiger partial charge on any atom is -0.338 e. The lowest BCUT2D eigenvalue weighted by Gasteiger charge is -2.39. The van der Waals surface area contributed by atoms with Crippen LogP contribution in [0.3, 0.4) is 0 Å². The minimum atomic E-state index is -5.10. The fourth-order valence-electron chi connectivity index (χ4n) is 3.34. The fraction of sp³-hybridized carbons (Fsp3) is 0.529. The van der Waals surface area contributed by atoms with Crippen LogP contribution in [0.1, 0.15) is 28.8 Å². The van der Waals surface area contributed by atoms with Gasteiger partial charge in [-0.1, -0.05) is 0 Å². The van der Waals surface area contributed by atoms with E-state index >= 15 is 0 Å². The van der Waals surface area contributed by atoms with Crippen LogP contribution in [-0.4, -0.2) is 47.9 Å². The first-order chi connectivity index (χ1) is 12.5. The number of anilines is 1. The van der Waals surface area contributed by atoms with Crippen molar-refractivity contribution in [2.45, 2.75) is 37.4 Å². The highest BCUT2D eigenvalue weighted by atomic mass is 19.4. The number of likely N-dealkylation sites (tertiary alicyclic amines) is 1. The Bertz CT molecular complexity index is 765. The molecular weight excluding hydrogens is 373 g/mol. The van der Waals surface area contributed by atoms with Crippen LogP contribution in [0.25, 0.3) is 0 Å². The van der Waals surface area contributed by atoms with Gasteiger partial charge < -0.3 is 16.0 Å². The molecule has 0 spiro atoms. The number of benzene rings is 1. The van der Waals surface area contributed by atoms with Crippen molar-refractivity contribution < 1.29 is 31.5 Å². The molecule has 27 heavy (non-hydrogen) atoms. The molecule has 3 N–H and O–H groups in total.